The first-order chi connectivity index (χ1) is 16.6. The van der Waals surface area contributed by atoms with Crippen molar-refractivity contribution in [2.24, 2.45) is 0 Å². The molecule has 0 aliphatic rings. The Morgan fingerprint density at radius 2 is 1.17 bits per heavy atom. The maximum absolute atomic E-state index is 12.8. The summed E-state index contributed by atoms with van der Waals surface area (Å²) in [5.41, 5.74) is 4.75. The Hall–Kier alpha value is -2.54. The lowest BCUT2D eigenvalue weighted by atomic mass is 9.88. The average molecular weight is 518 g/mol. The maximum atomic E-state index is 12.8. The molecule has 0 saturated carbocycles. The van der Waals surface area contributed by atoms with Crippen molar-refractivity contribution in [2.45, 2.75) is 98.8 Å². The third kappa shape index (κ3) is 7.48. The summed E-state index contributed by atoms with van der Waals surface area (Å²) in [6, 6.07) is 9.80. The van der Waals surface area contributed by atoms with Gasteiger partial charge in [0.1, 0.15) is 5.75 Å². The zero-order valence-electron chi connectivity index (χ0n) is 23.4. The molecule has 0 saturated heterocycles. The lowest BCUT2D eigenvalue weighted by Crippen LogP contribution is -2.37. The van der Waals surface area contributed by atoms with Gasteiger partial charge in [-0.3, -0.25) is 4.79 Å². The van der Waals surface area contributed by atoms with Gasteiger partial charge >= 0.3 is 10.3 Å². The van der Waals surface area contributed by atoms with Crippen molar-refractivity contribution < 1.29 is 22.1 Å². The van der Waals surface area contributed by atoms with Crippen molar-refractivity contribution in [1.29, 1.82) is 0 Å². The number of carbonyl (C=O) groups excluding carboxylic acids is 1. The summed E-state index contributed by atoms with van der Waals surface area (Å²) in [4.78, 5) is 12.7. The van der Waals surface area contributed by atoms with E-state index in [0.29, 0.717) is 11.7 Å². The number of rotatable bonds is 11. The highest BCUT2D eigenvalue weighted by atomic mass is 32.2. The summed E-state index contributed by atoms with van der Waals surface area (Å²) in [7, 11) is -4.40. The van der Waals surface area contributed by atoms with E-state index in [1.54, 1.807) is 0 Å². The fraction of sp³-hybridized carbons (Fsp3) is 0.552. The summed E-state index contributed by atoms with van der Waals surface area (Å²) in [5, 5.41) is 0. The standard InChI is InChI=1S/C29H43NO5S/c1-17(2)22-14-25(20(7)8)28(26(15-22)21(9)10)34-16-27(31)30-36(32,33)35-29-23(18(3)4)12-11-13-24(29)19(5)6/h11-15,17-21H,16H2,1-10H3,(H,30,31). The number of benzene rings is 2. The number of para-hydroxylation sites is 1. The van der Waals surface area contributed by atoms with Gasteiger partial charge in [0.2, 0.25) is 0 Å². The van der Waals surface area contributed by atoms with E-state index in [2.05, 4.69) is 53.7 Å². The van der Waals surface area contributed by atoms with Crippen LogP contribution in [-0.4, -0.2) is 20.9 Å². The monoisotopic (exact) mass is 517 g/mol. The van der Waals surface area contributed by atoms with E-state index in [4.69, 9.17) is 8.92 Å². The normalized spacial score (nSPS) is 12.2. The van der Waals surface area contributed by atoms with Crippen LogP contribution in [0.2, 0.25) is 0 Å². The van der Waals surface area contributed by atoms with E-state index in [9.17, 15) is 13.2 Å². The van der Waals surface area contributed by atoms with Gasteiger partial charge in [0.15, 0.2) is 12.4 Å². The molecule has 200 valence electrons. The number of hydrogen-bond donors (Lipinski definition) is 1. The molecule has 36 heavy (non-hydrogen) atoms. The molecule has 6 nitrogen and oxygen atoms in total. The second-order valence-corrected chi connectivity index (χ2v) is 12.2. The molecule has 0 spiro atoms. The largest absolute Gasteiger partial charge is 0.483 e. The minimum absolute atomic E-state index is 0.0469. The first-order valence-corrected chi connectivity index (χ1v) is 14.2. The smallest absolute Gasteiger partial charge is 0.409 e. The predicted molar refractivity (Wildman–Crippen MR) is 147 cm³/mol. The van der Waals surface area contributed by atoms with Crippen LogP contribution in [0.5, 0.6) is 11.5 Å². The van der Waals surface area contributed by atoms with Gasteiger partial charge < -0.3 is 8.92 Å². The van der Waals surface area contributed by atoms with Crippen LogP contribution < -0.4 is 13.6 Å². The molecule has 0 fully saturated rings. The highest BCUT2D eigenvalue weighted by Crippen LogP contribution is 2.38. The van der Waals surface area contributed by atoms with E-state index in [1.165, 1.54) is 5.56 Å². The summed E-state index contributed by atoms with van der Waals surface area (Å²) >= 11 is 0. The number of nitrogens with one attached hydrogen (secondary N) is 1. The molecule has 7 heteroatoms. The van der Waals surface area contributed by atoms with Crippen LogP contribution in [0.4, 0.5) is 0 Å². The molecule has 0 aliphatic carbocycles. The Morgan fingerprint density at radius 3 is 1.56 bits per heavy atom. The first kappa shape index (κ1) is 29.7. The number of ether oxygens (including phenoxy) is 1. The SMILES string of the molecule is CC(C)c1cc(C(C)C)c(OCC(=O)NS(=O)(=O)Oc2c(C(C)C)cccc2C(C)C)c(C(C)C)c1. The minimum Gasteiger partial charge on any atom is -0.483 e. The van der Waals surface area contributed by atoms with Gasteiger partial charge in [-0.15, -0.1) is 0 Å². The topological polar surface area (TPSA) is 81.7 Å². The molecule has 2 aromatic rings. The van der Waals surface area contributed by atoms with Crippen molar-refractivity contribution >= 4 is 16.2 Å². The molecule has 0 aliphatic heterocycles. The van der Waals surface area contributed by atoms with Crippen LogP contribution in [0.1, 0.15) is 127 Å². The van der Waals surface area contributed by atoms with Crippen molar-refractivity contribution in [2.75, 3.05) is 6.61 Å². The fourth-order valence-electron chi connectivity index (χ4n) is 4.07. The van der Waals surface area contributed by atoms with E-state index in [0.717, 1.165) is 22.3 Å². The van der Waals surface area contributed by atoms with Crippen molar-refractivity contribution in [3.05, 3.63) is 58.1 Å². The third-order valence-electron chi connectivity index (χ3n) is 6.18. The molecule has 2 aromatic carbocycles. The Balaban J connectivity index is 2.28. The molecule has 0 radical (unpaired) electrons. The lowest BCUT2D eigenvalue weighted by molar-refractivity contribution is -0.121. The minimum atomic E-state index is -4.40. The summed E-state index contributed by atoms with van der Waals surface area (Å²) < 4.78 is 39.1. The van der Waals surface area contributed by atoms with E-state index >= 15 is 0 Å². The molecule has 0 atom stereocenters. The number of hydrogen-bond acceptors (Lipinski definition) is 5. The molecule has 0 aromatic heterocycles. The molecule has 1 amide bonds. The highest BCUT2D eigenvalue weighted by Gasteiger charge is 2.25. The van der Waals surface area contributed by atoms with E-state index < -0.39 is 22.8 Å². The molecule has 2 rings (SSSR count). The Kier molecular flexibility index (Phi) is 10.0. The van der Waals surface area contributed by atoms with Crippen LogP contribution in [0.25, 0.3) is 0 Å². The fourth-order valence-corrected chi connectivity index (χ4v) is 4.86. The van der Waals surface area contributed by atoms with Gasteiger partial charge in [-0.05, 0) is 57.4 Å². The van der Waals surface area contributed by atoms with Gasteiger partial charge in [0.05, 0.1) is 0 Å². The van der Waals surface area contributed by atoms with E-state index in [1.807, 2.05) is 50.6 Å². The second kappa shape index (κ2) is 12.1. The number of carbonyl (C=O) groups is 1. The molecule has 0 heterocycles. The van der Waals surface area contributed by atoms with Crippen LogP contribution in [0.3, 0.4) is 0 Å². The zero-order chi connectivity index (χ0) is 27.4. The third-order valence-corrected chi connectivity index (χ3v) is 7.04. The predicted octanol–water partition coefficient (Wildman–Crippen LogP) is 7.12. The van der Waals surface area contributed by atoms with Crippen LogP contribution >= 0.6 is 0 Å². The molecule has 1 N–H and O–H groups in total. The van der Waals surface area contributed by atoms with Crippen molar-refractivity contribution in [3.63, 3.8) is 0 Å². The van der Waals surface area contributed by atoms with Crippen LogP contribution in [-0.2, 0) is 15.1 Å². The average Bonchev–Trinajstić information content (AvgIpc) is 2.75. The molecule has 0 bridgehead atoms. The molecule has 0 unspecified atom stereocenters. The number of amides is 1. The summed E-state index contributed by atoms with van der Waals surface area (Å²) in [5.74, 6) is 0.921. The van der Waals surface area contributed by atoms with Crippen molar-refractivity contribution in [3.8, 4) is 11.5 Å². The summed E-state index contributed by atoms with van der Waals surface area (Å²) in [6.07, 6.45) is 0. The first-order valence-electron chi connectivity index (χ1n) is 12.8. The van der Waals surface area contributed by atoms with Gasteiger partial charge in [-0.1, -0.05) is 99.6 Å². The second-order valence-electron chi connectivity index (χ2n) is 10.9. The van der Waals surface area contributed by atoms with Gasteiger partial charge in [-0.25, -0.2) is 4.72 Å². The lowest BCUT2D eigenvalue weighted by Gasteiger charge is -2.23. The Morgan fingerprint density at radius 1 is 0.722 bits per heavy atom. The molecular weight excluding hydrogens is 474 g/mol. The van der Waals surface area contributed by atoms with Gasteiger partial charge in [0.25, 0.3) is 5.91 Å². The quantitative estimate of drug-likeness (QED) is 0.343. The summed E-state index contributed by atoms with van der Waals surface area (Å²) in [6.45, 7) is 20.0. The van der Waals surface area contributed by atoms with Crippen LogP contribution in [0.15, 0.2) is 30.3 Å². The van der Waals surface area contributed by atoms with Gasteiger partial charge in [0, 0.05) is 0 Å². The Labute approximate surface area is 218 Å². The van der Waals surface area contributed by atoms with Gasteiger partial charge in [-0.2, -0.15) is 8.42 Å². The highest BCUT2D eigenvalue weighted by molar-refractivity contribution is 7.85. The zero-order valence-corrected chi connectivity index (χ0v) is 24.2. The van der Waals surface area contributed by atoms with Crippen molar-refractivity contribution in [1.82, 2.24) is 4.72 Å². The van der Waals surface area contributed by atoms with Crippen LogP contribution in [0, 0.1) is 0 Å². The Bertz CT molecular complexity index is 1110. The van der Waals surface area contributed by atoms with E-state index in [-0.39, 0.29) is 29.4 Å². The molecular formula is C29H43NO5S. The maximum Gasteiger partial charge on any atom is 0.409 e.